The summed E-state index contributed by atoms with van der Waals surface area (Å²) in [6, 6.07) is 73.0. The highest BCUT2D eigenvalue weighted by Gasteiger charge is 2.51. The molecule has 0 radical (unpaired) electrons. The first-order valence-electron chi connectivity index (χ1n) is 20.7. The first kappa shape index (κ1) is 33.8. The van der Waals surface area contributed by atoms with Gasteiger partial charge in [-0.05, 0) is 51.9 Å². The Morgan fingerprint density at radius 3 is 1.59 bits per heavy atom. The number of hydrogen-bond donors (Lipinski definition) is 0. The van der Waals surface area contributed by atoms with Gasteiger partial charge >= 0.3 is 0 Å². The van der Waals surface area contributed by atoms with Crippen molar-refractivity contribution < 1.29 is 4.74 Å². The lowest BCUT2D eigenvalue weighted by Gasteiger charge is -2.39. The molecule has 11 aromatic rings. The van der Waals surface area contributed by atoms with Crippen LogP contribution in [0.25, 0.3) is 83.6 Å². The van der Waals surface area contributed by atoms with E-state index in [4.69, 9.17) is 19.7 Å². The topological polar surface area (TPSA) is 52.8 Å². The zero-order valence-corrected chi connectivity index (χ0v) is 32.8. The van der Waals surface area contributed by atoms with E-state index in [-0.39, 0.29) is 0 Å². The van der Waals surface area contributed by atoms with Gasteiger partial charge in [0.2, 0.25) is 0 Å². The van der Waals surface area contributed by atoms with Crippen molar-refractivity contribution in [2.45, 2.75) is 5.41 Å². The van der Waals surface area contributed by atoms with Gasteiger partial charge < -0.3 is 9.30 Å². The molecule has 3 heterocycles. The van der Waals surface area contributed by atoms with E-state index in [0.717, 1.165) is 77.6 Å². The van der Waals surface area contributed by atoms with Crippen molar-refractivity contribution >= 4 is 32.6 Å². The van der Waals surface area contributed by atoms with Crippen LogP contribution in [0.1, 0.15) is 22.3 Å². The molecule has 5 nitrogen and oxygen atoms in total. The standard InChI is InChI=1S/C56H34N4O/c1-3-17-35(18-4-1)53-57-54(36-19-5-2-6-20-36)59-55(58-53)43-32-34-49(40-24-8-7-21-37(40)43)60-48-29-15-11-25-41(48)42-31-33-47-52(51(42)60)61-50-30-16-14-28-46(50)56(47)44-26-12-9-22-38(44)39-23-10-13-27-45(39)56/h1-34H. The van der Waals surface area contributed by atoms with Gasteiger partial charge in [0.15, 0.2) is 23.2 Å². The van der Waals surface area contributed by atoms with Gasteiger partial charge in [-0.2, -0.15) is 0 Å². The predicted molar refractivity (Wildman–Crippen MR) is 245 cm³/mol. The van der Waals surface area contributed by atoms with E-state index >= 15 is 0 Å². The molecule has 1 aliphatic heterocycles. The molecule has 61 heavy (non-hydrogen) atoms. The molecule has 284 valence electrons. The van der Waals surface area contributed by atoms with E-state index in [2.05, 4.69) is 150 Å². The second-order valence-electron chi connectivity index (χ2n) is 15.8. The number of ether oxygens (including phenoxy) is 1. The van der Waals surface area contributed by atoms with Gasteiger partial charge in [0.25, 0.3) is 0 Å². The molecule has 0 fully saturated rings. The Balaban J connectivity index is 1.10. The van der Waals surface area contributed by atoms with Gasteiger partial charge in [-0.25, -0.2) is 15.0 Å². The molecule has 0 unspecified atom stereocenters. The maximum atomic E-state index is 7.27. The zero-order valence-electron chi connectivity index (χ0n) is 32.8. The Kier molecular flexibility index (Phi) is 7.16. The molecule has 5 heteroatoms. The summed E-state index contributed by atoms with van der Waals surface area (Å²) in [6.07, 6.45) is 0. The predicted octanol–water partition coefficient (Wildman–Crippen LogP) is 13.6. The number of hydrogen-bond acceptors (Lipinski definition) is 4. The summed E-state index contributed by atoms with van der Waals surface area (Å²) >= 11 is 0. The van der Waals surface area contributed by atoms with Gasteiger partial charge in [0.05, 0.1) is 22.1 Å². The monoisotopic (exact) mass is 778 g/mol. The van der Waals surface area contributed by atoms with Crippen LogP contribution in [0, 0.1) is 0 Å². The number of nitrogens with zero attached hydrogens (tertiary/aromatic N) is 4. The smallest absolute Gasteiger partial charge is 0.164 e. The molecule has 0 N–H and O–H groups in total. The van der Waals surface area contributed by atoms with Gasteiger partial charge in [-0.3, -0.25) is 0 Å². The number of benzene rings is 9. The maximum Gasteiger partial charge on any atom is 0.164 e. The van der Waals surface area contributed by atoms with Crippen molar-refractivity contribution in [2.24, 2.45) is 0 Å². The Labute approximate surface area is 351 Å². The van der Waals surface area contributed by atoms with E-state index in [1.54, 1.807) is 0 Å². The van der Waals surface area contributed by atoms with E-state index < -0.39 is 5.41 Å². The molecule has 1 aliphatic carbocycles. The largest absolute Gasteiger partial charge is 0.454 e. The molecule has 0 atom stereocenters. The molecule has 2 aromatic heterocycles. The zero-order chi connectivity index (χ0) is 40.1. The van der Waals surface area contributed by atoms with E-state index in [1.807, 2.05) is 60.7 Å². The normalized spacial score (nSPS) is 13.2. The van der Waals surface area contributed by atoms with Crippen molar-refractivity contribution in [3.8, 4) is 62.5 Å². The minimum Gasteiger partial charge on any atom is -0.454 e. The molecule has 0 bridgehead atoms. The summed E-state index contributed by atoms with van der Waals surface area (Å²) in [5, 5.41) is 4.41. The maximum absolute atomic E-state index is 7.27. The summed E-state index contributed by atoms with van der Waals surface area (Å²) < 4.78 is 9.69. The third kappa shape index (κ3) is 4.74. The second-order valence-corrected chi connectivity index (χ2v) is 15.8. The first-order chi connectivity index (χ1) is 30.3. The van der Waals surface area contributed by atoms with Crippen LogP contribution in [-0.2, 0) is 5.41 Å². The third-order valence-corrected chi connectivity index (χ3v) is 12.7. The fourth-order valence-electron chi connectivity index (χ4n) is 10.2. The minimum absolute atomic E-state index is 0.579. The summed E-state index contributed by atoms with van der Waals surface area (Å²) in [6.45, 7) is 0. The number of para-hydroxylation sites is 2. The van der Waals surface area contributed by atoms with Crippen molar-refractivity contribution in [1.29, 1.82) is 0 Å². The summed E-state index contributed by atoms with van der Waals surface area (Å²) in [4.78, 5) is 15.3. The quantitative estimate of drug-likeness (QED) is 0.179. The Hall–Kier alpha value is -8.15. The molecule has 0 amide bonds. The van der Waals surface area contributed by atoms with Crippen LogP contribution >= 0.6 is 0 Å². The number of rotatable bonds is 4. The summed E-state index contributed by atoms with van der Waals surface area (Å²) in [5.74, 6) is 3.62. The minimum atomic E-state index is -0.579. The lowest BCUT2D eigenvalue weighted by molar-refractivity contribution is 0.440. The lowest BCUT2D eigenvalue weighted by Crippen LogP contribution is -2.32. The van der Waals surface area contributed by atoms with Crippen LogP contribution in [-0.4, -0.2) is 19.5 Å². The van der Waals surface area contributed by atoms with E-state index in [0.29, 0.717) is 17.5 Å². The fraction of sp³-hybridized carbons (Fsp3) is 0.0179. The van der Waals surface area contributed by atoms with Crippen LogP contribution < -0.4 is 4.74 Å². The Bertz CT molecular complexity index is 3470. The third-order valence-electron chi connectivity index (χ3n) is 12.7. The summed E-state index contributed by atoms with van der Waals surface area (Å²) in [5.41, 5.74) is 12.7. The van der Waals surface area contributed by atoms with Crippen LogP contribution in [0.2, 0.25) is 0 Å². The van der Waals surface area contributed by atoms with E-state index in [1.165, 1.54) is 22.3 Å². The molecule has 0 saturated heterocycles. The molecule has 0 saturated carbocycles. The van der Waals surface area contributed by atoms with Crippen molar-refractivity contribution in [1.82, 2.24) is 19.5 Å². The van der Waals surface area contributed by atoms with Crippen LogP contribution in [0.15, 0.2) is 206 Å². The molecule has 2 aliphatic rings. The first-order valence-corrected chi connectivity index (χ1v) is 20.7. The van der Waals surface area contributed by atoms with Gasteiger partial charge in [0.1, 0.15) is 5.75 Å². The average Bonchev–Trinajstić information content (AvgIpc) is 3.83. The Morgan fingerprint density at radius 2 is 0.902 bits per heavy atom. The molecule has 1 spiro atoms. The molecule has 9 aromatic carbocycles. The number of aromatic nitrogens is 4. The van der Waals surface area contributed by atoms with Crippen LogP contribution in [0.5, 0.6) is 11.5 Å². The highest BCUT2D eigenvalue weighted by molar-refractivity contribution is 6.14. The molecular formula is C56H34N4O. The van der Waals surface area contributed by atoms with Gasteiger partial charge in [-0.15, -0.1) is 0 Å². The van der Waals surface area contributed by atoms with Crippen molar-refractivity contribution in [3.63, 3.8) is 0 Å². The van der Waals surface area contributed by atoms with Crippen molar-refractivity contribution in [3.05, 3.63) is 229 Å². The highest BCUT2D eigenvalue weighted by atomic mass is 16.5. The molecular weight excluding hydrogens is 745 g/mol. The molecule has 13 rings (SSSR count). The fourth-order valence-corrected chi connectivity index (χ4v) is 10.2. The van der Waals surface area contributed by atoms with Crippen molar-refractivity contribution in [2.75, 3.05) is 0 Å². The summed E-state index contributed by atoms with van der Waals surface area (Å²) in [7, 11) is 0. The number of fused-ring (bicyclic) bond motifs is 14. The Morgan fingerprint density at radius 1 is 0.361 bits per heavy atom. The average molecular weight is 779 g/mol. The lowest BCUT2D eigenvalue weighted by atomic mass is 9.66. The van der Waals surface area contributed by atoms with Gasteiger partial charge in [0, 0.05) is 44.0 Å². The van der Waals surface area contributed by atoms with E-state index in [9.17, 15) is 0 Å². The van der Waals surface area contributed by atoms with Gasteiger partial charge in [-0.1, -0.05) is 182 Å². The van der Waals surface area contributed by atoms with Crippen LogP contribution in [0.4, 0.5) is 0 Å². The second kappa shape index (κ2) is 12.9. The van der Waals surface area contributed by atoms with Crippen LogP contribution in [0.3, 0.4) is 0 Å². The SMILES string of the molecule is c1ccc(-c2nc(-c3ccccc3)nc(-c3ccc(-n4c5ccccc5c5ccc6c(c54)Oc4ccccc4C64c5ccccc5-c5ccccc54)c4ccccc34)n2)cc1. The highest BCUT2D eigenvalue weighted by Crippen LogP contribution is 2.63.